The van der Waals surface area contributed by atoms with E-state index in [9.17, 15) is 14.3 Å². The van der Waals surface area contributed by atoms with E-state index in [0.29, 0.717) is 18.0 Å². The van der Waals surface area contributed by atoms with Gasteiger partial charge in [-0.3, -0.25) is 0 Å². The largest absolute Gasteiger partial charge is 0.489 e. The van der Waals surface area contributed by atoms with Crippen LogP contribution in [0.5, 0.6) is 5.75 Å². The van der Waals surface area contributed by atoms with E-state index in [-0.39, 0.29) is 18.4 Å². The lowest BCUT2D eigenvalue weighted by molar-refractivity contribution is 0.0550. The van der Waals surface area contributed by atoms with Gasteiger partial charge in [0.15, 0.2) is 0 Å². The normalized spacial score (nSPS) is 11.1. The molecule has 0 aliphatic heterocycles. The van der Waals surface area contributed by atoms with E-state index in [1.165, 1.54) is 17.0 Å². The summed E-state index contributed by atoms with van der Waals surface area (Å²) >= 11 is 0. The molecule has 2 rings (SSSR count). The van der Waals surface area contributed by atoms with Crippen molar-refractivity contribution in [1.29, 1.82) is 0 Å². The van der Waals surface area contributed by atoms with Crippen LogP contribution in [0, 0.1) is 5.82 Å². The topological polar surface area (TPSA) is 61.8 Å². The quantitative estimate of drug-likeness (QED) is 0.839. The Morgan fingerprint density at radius 3 is 2.56 bits per heavy atom. The number of carbonyl (C=O) groups excluding carboxylic acids is 1. The minimum atomic E-state index is -0.966. The summed E-state index contributed by atoms with van der Waals surface area (Å²) in [5, 5.41) is 12.5. The lowest BCUT2D eigenvalue weighted by Crippen LogP contribution is -2.41. The number of hydrogen-bond donors (Lipinski definition) is 2. The van der Waals surface area contributed by atoms with Gasteiger partial charge < -0.3 is 20.1 Å². The zero-order chi connectivity index (χ0) is 18.4. The molecule has 0 bridgehead atoms. The average molecular weight is 346 g/mol. The van der Waals surface area contributed by atoms with Crippen LogP contribution >= 0.6 is 0 Å². The standard InChI is InChI=1S/C19H23FN2O3/c1-19(2,24)13-22(3)18(23)21-16-5-4-6-17(11-16)25-12-14-7-9-15(20)10-8-14/h4-11,24H,12-13H2,1-3H3,(H,21,23). The maximum absolute atomic E-state index is 12.9. The molecule has 0 aliphatic rings. The fourth-order valence-electron chi connectivity index (χ4n) is 2.28. The molecule has 5 nitrogen and oxygen atoms in total. The molecule has 0 saturated heterocycles. The second kappa shape index (κ2) is 7.98. The van der Waals surface area contributed by atoms with E-state index in [1.54, 1.807) is 57.3 Å². The molecule has 0 radical (unpaired) electrons. The molecule has 2 N–H and O–H groups in total. The van der Waals surface area contributed by atoms with E-state index in [4.69, 9.17) is 4.74 Å². The zero-order valence-electron chi connectivity index (χ0n) is 14.6. The number of benzene rings is 2. The molecular weight excluding hydrogens is 323 g/mol. The first kappa shape index (κ1) is 18.7. The predicted molar refractivity (Wildman–Crippen MR) is 95.1 cm³/mol. The van der Waals surface area contributed by atoms with Gasteiger partial charge in [0.05, 0.1) is 12.1 Å². The molecule has 6 heteroatoms. The predicted octanol–water partition coefficient (Wildman–Crippen LogP) is 3.64. The highest BCUT2D eigenvalue weighted by molar-refractivity contribution is 5.89. The highest BCUT2D eigenvalue weighted by Gasteiger charge is 2.19. The molecular formula is C19H23FN2O3. The van der Waals surface area contributed by atoms with E-state index in [2.05, 4.69) is 5.32 Å². The lowest BCUT2D eigenvalue weighted by atomic mass is 10.1. The van der Waals surface area contributed by atoms with Gasteiger partial charge in [-0.05, 0) is 43.7 Å². The SMILES string of the molecule is CN(CC(C)(C)O)C(=O)Nc1cccc(OCc2ccc(F)cc2)c1. The summed E-state index contributed by atoms with van der Waals surface area (Å²) in [4.78, 5) is 13.5. The molecule has 0 fully saturated rings. The average Bonchev–Trinajstić information content (AvgIpc) is 2.53. The van der Waals surface area contributed by atoms with Crippen LogP contribution in [0.3, 0.4) is 0 Å². The number of nitrogens with one attached hydrogen (secondary N) is 1. The Morgan fingerprint density at radius 1 is 1.24 bits per heavy atom. The Bertz CT molecular complexity index is 711. The highest BCUT2D eigenvalue weighted by atomic mass is 19.1. The van der Waals surface area contributed by atoms with Crippen molar-refractivity contribution in [3.8, 4) is 5.75 Å². The Labute approximate surface area is 147 Å². The van der Waals surface area contributed by atoms with Crippen molar-refractivity contribution in [2.75, 3.05) is 18.9 Å². The number of ether oxygens (including phenoxy) is 1. The Hall–Kier alpha value is -2.60. The van der Waals surface area contributed by atoms with Crippen molar-refractivity contribution < 1.29 is 19.0 Å². The number of hydrogen-bond acceptors (Lipinski definition) is 3. The van der Waals surface area contributed by atoms with Crippen molar-refractivity contribution in [2.45, 2.75) is 26.1 Å². The second-order valence-corrected chi connectivity index (χ2v) is 6.54. The molecule has 25 heavy (non-hydrogen) atoms. The number of nitrogens with zero attached hydrogens (tertiary/aromatic N) is 1. The molecule has 2 aromatic carbocycles. The van der Waals surface area contributed by atoms with Crippen molar-refractivity contribution in [3.05, 3.63) is 59.9 Å². The summed E-state index contributed by atoms with van der Waals surface area (Å²) in [5.74, 6) is 0.302. The third-order valence-corrected chi connectivity index (χ3v) is 3.37. The molecule has 2 aromatic rings. The van der Waals surface area contributed by atoms with Gasteiger partial charge in [-0.25, -0.2) is 9.18 Å². The van der Waals surface area contributed by atoms with Crippen LogP contribution in [0.4, 0.5) is 14.9 Å². The molecule has 134 valence electrons. The number of amides is 2. The lowest BCUT2D eigenvalue weighted by Gasteiger charge is -2.25. The molecule has 0 saturated carbocycles. The van der Waals surface area contributed by atoms with Crippen molar-refractivity contribution >= 4 is 11.7 Å². The number of halogens is 1. The summed E-state index contributed by atoms with van der Waals surface area (Å²) in [6, 6.07) is 12.8. The zero-order valence-corrected chi connectivity index (χ0v) is 14.6. The van der Waals surface area contributed by atoms with Gasteiger partial charge in [0.2, 0.25) is 0 Å². The fraction of sp³-hybridized carbons (Fsp3) is 0.316. The maximum Gasteiger partial charge on any atom is 0.321 e. The monoisotopic (exact) mass is 346 g/mol. The van der Waals surface area contributed by atoms with Crippen molar-refractivity contribution in [3.63, 3.8) is 0 Å². The maximum atomic E-state index is 12.9. The second-order valence-electron chi connectivity index (χ2n) is 6.54. The van der Waals surface area contributed by atoms with Gasteiger partial charge in [0, 0.05) is 18.8 Å². The van der Waals surface area contributed by atoms with E-state index in [0.717, 1.165) is 5.56 Å². The first-order valence-corrected chi connectivity index (χ1v) is 7.95. The fourth-order valence-corrected chi connectivity index (χ4v) is 2.28. The molecule has 0 spiro atoms. The molecule has 0 aromatic heterocycles. The third-order valence-electron chi connectivity index (χ3n) is 3.37. The van der Waals surface area contributed by atoms with Gasteiger partial charge in [-0.2, -0.15) is 0 Å². The Balaban J connectivity index is 1.94. The van der Waals surface area contributed by atoms with Gasteiger partial charge >= 0.3 is 6.03 Å². The highest BCUT2D eigenvalue weighted by Crippen LogP contribution is 2.19. The number of rotatable bonds is 6. The van der Waals surface area contributed by atoms with Crippen LogP contribution in [-0.4, -0.2) is 35.2 Å². The number of urea groups is 1. The first-order valence-electron chi connectivity index (χ1n) is 7.95. The molecule has 0 unspecified atom stereocenters. The molecule has 2 amide bonds. The van der Waals surface area contributed by atoms with Crippen LogP contribution < -0.4 is 10.1 Å². The van der Waals surface area contributed by atoms with Crippen LogP contribution in [0.1, 0.15) is 19.4 Å². The van der Waals surface area contributed by atoms with Gasteiger partial charge in [0.1, 0.15) is 18.2 Å². The molecule has 0 heterocycles. The smallest absolute Gasteiger partial charge is 0.321 e. The minimum Gasteiger partial charge on any atom is -0.489 e. The van der Waals surface area contributed by atoms with Crippen LogP contribution in [0.2, 0.25) is 0 Å². The van der Waals surface area contributed by atoms with E-state index >= 15 is 0 Å². The molecule has 0 atom stereocenters. The van der Waals surface area contributed by atoms with Crippen LogP contribution in [0.15, 0.2) is 48.5 Å². The Morgan fingerprint density at radius 2 is 1.92 bits per heavy atom. The molecule has 0 aliphatic carbocycles. The number of likely N-dealkylation sites (N-methyl/N-ethyl adjacent to an activating group) is 1. The van der Waals surface area contributed by atoms with Crippen LogP contribution in [-0.2, 0) is 6.61 Å². The number of aliphatic hydroxyl groups is 1. The summed E-state index contributed by atoms with van der Waals surface area (Å²) in [6.07, 6.45) is 0. The van der Waals surface area contributed by atoms with Crippen molar-refractivity contribution in [1.82, 2.24) is 4.90 Å². The minimum absolute atomic E-state index is 0.208. The summed E-state index contributed by atoms with van der Waals surface area (Å²) in [7, 11) is 1.61. The van der Waals surface area contributed by atoms with Gasteiger partial charge in [0.25, 0.3) is 0 Å². The summed E-state index contributed by atoms with van der Waals surface area (Å²) in [5.41, 5.74) is 0.469. The number of anilines is 1. The Kier molecular flexibility index (Phi) is 5.98. The summed E-state index contributed by atoms with van der Waals surface area (Å²) < 4.78 is 18.6. The van der Waals surface area contributed by atoms with Gasteiger partial charge in [-0.1, -0.05) is 18.2 Å². The van der Waals surface area contributed by atoms with Gasteiger partial charge in [-0.15, -0.1) is 0 Å². The van der Waals surface area contributed by atoms with E-state index < -0.39 is 5.60 Å². The van der Waals surface area contributed by atoms with Crippen molar-refractivity contribution in [2.24, 2.45) is 0 Å². The number of carbonyl (C=O) groups is 1. The summed E-state index contributed by atoms with van der Waals surface area (Å²) in [6.45, 7) is 3.79. The third kappa shape index (κ3) is 6.43. The van der Waals surface area contributed by atoms with E-state index in [1.807, 2.05) is 0 Å². The first-order chi connectivity index (χ1) is 11.7. The van der Waals surface area contributed by atoms with Crippen LogP contribution in [0.25, 0.3) is 0 Å².